The molecule has 0 unspecified atom stereocenters. The number of nitrogens with two attached hydrogens (primary N) is 1. The molecule has 0 aromatic heterocycles. The van der Waals surface area contributed by atoms with E-state index in [1.165, 1.54) is 4.31 Å². The van der Waals surface area contributed by atoms with Crippen molar-refractivity contribution < 1.29 is 13.2 Å². The van der Waals surface area contributed by atoms with Crippen molar-refractivity contribution in [1.29, 1.82) is 0 Å². The van der Waals surface area contributed by atoms with Crippen LogP contribution in [-0.4, -0.2) is 38.0 Å². The van der Waals surface area contributed by atoms with Gasteiger partial charge in [-0.2, -0.15) is 4.31 Å². The van der Waals surface area contributed by atoms with Gasteiger partial charge in [0.25, 0.3) is 0 Å². The van der Waals surface area contributed by atoms with E-state index in [1.54, 1.807) is 12.1 Å². The topological polar surface area (TPSA) is 72.6 Å². The van der Waals surface area contributed by atoms with E-state index in [0.29, 0.717) is 24.5 Å². The molecule has 0 bridgehead atoms. The highest BCUT2D eigenvalue weighted by Crippen LogP contribution is 2.25. The van der Waals surface area contributed by atoms with Crippen LogP contribution in [0.25, 0.3) is 0 Å². The van der Waals surface area contributed by atoms with Crippen LogP contribution in [0, 0.1) is 6.92 Å². The average molecular weight is 298 g/mol. The van der Waals surface area contributed by atoms with Gasteiger partial charge in [0.05, 0.1) is 17.1 Å². The predicted molar refractivity (Wildman–Crippen MR) is 77.8 cm³/mol. The van der Waals surface area contributed by atoms with Gasteiger partial charge in [0.1, 0.15) is 0 Å². The van der Waals surface area contributed by atoms with Gasteiger partial charge in [0.2, 0.25) is 10.0 Å². The number of morpholine rings is 1. The smallest absolute Gasteiger partial charge is 0.243 e. The first-order valence-corrected chi connectivity index (χ1v) is 8.24. The van der Waals surface area contributed by atoms with Crippen LogP contribution in [0.15, 0.2) is 23.1 Å². The lowest BCUT2D eigenvalue weighted by molar-refractivity contribution is -0.0440. The maximum Gasteiger partial charge on any atom is 0.243 e. The zero-order chi connectivity index (χ0) is 14.9. The molecule has 2 N–H and O–H groups in total. The van der Waals surface area contributed by atoms with E-state index in [2.05, 4.69) is 0 Å². The largest absolute Gasteiger partial charge is 0.373 e. The van der Waals surface area contributed by atoms with Gasteiger partial charge in [0.15, 0.2) is 0 Å². The second-order valence-corrected chi connectivity index (χ2v) is 7.23. The number of ether oxygens (including phenoxy) is 1. The molecule has 1 aromatic carbocycles. The molecule has 2 atom stereocenters. The molecule has 1 fully saturated rings. The first-order valence-electron chi connectivity index (χ1n) is 6.80. The van der Waals surface area contributed by atoms with E-state index >= 15 is 0 Å². The minimum Gasteiger partial charge on any atom is -0.373 e. The van der Waals surface area contributed by atoms with E-state index in [9.17, 15) is 8.42 Å². The monoisotopic (exact) mass is 298 g/mol. The molecule has 1 aromatic rings. The first-order chi connectivity index (χ1) is 9.36. The molecule has 0 saturated carbocycles. The molecule has 1 aliphatic rings. The van der Waals surface area contributed by atoms with E-state index < -0.39 is 10.0 Å². The Morgan fingerprint density at radius 1 is 1.30 bits per heavy atom. The summed E-state index contributed by atoms with van der Waals surface area (Å²) in [6.07, 6.45) is -0.182. The first kappa shape index (κ1) is 15.4. The number of rotatable bonds is 3. The predicted octanol–water partition coefficient (Wildman–Crippen LogP) is 1.25. The van der Waals surface area contributed by atoms with Crippen molar-refractivity contribution in [2.45, 2.75) is 44.4 Å². The maximum atomic E-state index is 12.8. The number of sulfonamides is 1. The molecule has 0 radical (unpaired) electrons. The normalized spacial score (nSPS) is 24.8. The Morgan fingerprint density at radius 3 is 2.45 bits per heavy atom. The molecule has 1 saturated heterocycles. The molecular weight excluding hydrogens is 276 g/mol. The highest BCUT2D eigenvalue weighted by atomic mass is 32.2. The zero-order valence-corrected chi connectivity index (χ0v) is 13.0. The van der Waals surface area contributed by atoms with Crippen LogP contribution >= 0.6 is 0 Å². The Morgan fingerprint density at radius 2 is 1.90 bits per heavy atom. The Labute approximate surface area is 120 Å². The second-order valence-electron chi connectivity index (χ2n) is 5.32. The van der Waals surface area contributed by atoms with Crippen molar-refractivity contribution in [3.05, 3.63) is 29.3 Å². The van der Waals surface area contributed by atoms with Gasteiger partial charge in [-0.3, -0.25) is 0 Å². The third-order valence-corrected chi connectivity index (χ3v) is 5.60. The Balaban J connectivity index is 2.40. The maximum absolute atomic E-state index is 12.8. The summed E-state index contributed by atoms with van der Waals surface area (Å²) >= 11 is 0. The van der Waals surface area contributed by atoms with Crippen molar-refractivity contribution in [2.24, 2.45) is 5.73 Å². The quantitative estimate of drug-likeness (QED) is 0.911. The lowest BCUT2D eigenvalue weighted by atomic mass is 10.1. The molecule has 0 spiro atoms. The van der Waals surface area contributed by atoms with Crippen LogP contribution in [-0.2, 0) is 21.3 Å². The van der Waals surface area contributed by atoms with E-state index in [4.69, 9.17) is 10.5 Å². The van der Waals surface area contributed by atoms with Crippen LogP contribution in [0.5, 0.6) is 0 Å². The van der Waals surface area contributed by atoms with Gasteiger partial charge in [0, 0.05) is 19.6 Å². The summed E-state index contributed by atoms with van der Waals surface area (Å²) in [5.41, 5.74) is 7.26. The molecule has 112 valence electrons. The molecule has 20 heavy (non-hydrogen) atoms. The van der Waals surface area contributed by atoms with Crippen LogP contribution in [0.2, 0.25) is 0 Å². The van der Waals surface area contributed by atoms with Gasteiger partial charge in [-0.15, -0.1) is 0 Å². The van der Waals surface area contributed by atoms with Gasteiger partial charge in [-0.05, 0) is 38.0 Å². The second kappa shape index (κ2) is 5.81. The standard InChI is InChI=1S/C14H22N2O3S/c1-10-8-16(9-11(2)19-10)20(17,18)14-6-4-5-13(7-15)12(14)3/h4-6,10-11H,7-9,15H2,1-3H3/t10-,11+. The summed E-state index contributed by atoms with van der Waals surface area (Å²) in [6.45, 7) is 6.70. The summed E-state index contributed by atoms with van der Waals surface area (Å²) in [6, 6.07) is 5.25. The van der Waals surface area contributed by atoms with Crippen molar-refractivity contribution >= 4 is 10.0 Å². The minimum absolute atomic E-state index is 0.0912. The van der Waals surface area contributed by atoms with Crippen molar-refractivity contribution in [1.82, 2.24) is 4.31 Å². The van der Waals surface area contributed by atoms with Crippen LogP contribution in [0.4, 0.5) is 0 Å². The van der Waals surface area contributed by atoms with Crippen molar-refractivity contribution in [2.75, 3.05) is 13.1 Å². The van der Waals surface area contributed by atoms with Gasteiger partial charge >= 0.3 is 0 Å². The van der Waals surface area contributed by atoms with Gasteiger partial charge in [-0.1, -0.05) is 12.1 Å². The molecule has 6 heteroatoms. The lowest BCUT2D eigenvalue weighted by Gasteiger charge is -2.34. The fourth-order valence-electron chi connectivity index (χ4n) is 2.63. The van der Waals surface area contributed by atoms with Crippen LogP contribution in [0.1, 0.15) is 25.0 Å². The fraction of sp³-hybridized carbons (Fsp3) is 0.571. The molecule has 1 aliphatic heterocycles. The summed E-state index contributed by atoms with van der Waals surface area (Å²) in [4.78, 5) is 0.349. The van der Waals surface area contributed by atoms with Crippen LogP contribution < -0.4 is 5.73 Å². The summed E-state index contributed by atoms with van der Waals surface area (Å²) in [7, 11) is -3.49. The summed E-state index contributed by atoms with van der Waals surface area (Å²) in [5, 5.41) is 0. The van der Waals surface area contributed by atoms with Crippen molar-refractivity contribution in [3.63, 3.8) is 0 Å². The average Bonchev–Trinajstić information content (AvgIpc) is 2.37. The highest BCUT2D eigenvalue weighted by molar-refractivity contribution is 7.89. The fourth-order valence-corrected chi connectivity index (χ4v) is 4.49. The Hall–Kier alpha value is -0.950. The molecule has 0 amide bonds. The molecule has 2 rings (SSSR count). The SMILES string of the molecule is Cc1c(CN)cccc1S(=O)(=O)N1C[C@@H](C)O[C@@H](C)C1. The van der Waals surface area contributed by atoms with E-state index in [1.807, 2.05) is 26.8 Å². The van der Waals surface area contributed by atoms with Crippen LogP contribution in [0.3, 0.4) is 0 Å². The number of benzene rings is 1. The third kappa shape index (κ3) is 2.88. The summed E-state index contributed by atoms with van der Waals surface area (Å²) in [5.74, 6) is 0. The highest BCUT2D eigenvalue weighted by Gasteiger charge is 2.33. The van der Waals surface area contributed by atoms with E-state index in [-0.39, 0.29) is 12.2 Å². The van der Waals surface area contributed by atoms with Crippen molar-refractivity contribution in [3.8, 4) is 0 Å². The minimum atomic E-state index is -3.49. The summed E-state index contributed by atoms with van der Waals surface area (Å²) < 4.78 is 32.7. The Bertz CT molecular complexity index is 576. The van der Waals surface area contributed by atoms with E-state index in [0.717, 1.165) is 11.1 Å². The molecule has 1 heterocycles. The zero-order valence-electron chi connectivity index (χ0n) is 12.2. The molecule has 5 nitrogen and oxygen atoms in total. The molecular formula is C14H22N2O3S. The number of nitrogens with zero attached hydrogens (tertiary/aromatic N) is 1. The Kier molecular flexibility index (Phi) is 4.49. The third-order valence-electron chi connectivity index (χ3n) is 3.62. The number of hydrogen-bond acceptors (Lipinski definition) is 4. The van der Waals surface area contributed by atoms with Gasteiger partial charge in [-0.25, -0.2) is 8.42 Å². The molecule has 0 aliphatic carbocycles. The lowest BCUT2D eigenvalue weighted by Crippen LogP contribution is -2.48. The van der Waals surface area contributed by atoms with Gasteiger partial charge < -0.3 is 10.5 Å². The number of hydrogen-bond donors (Lipinski definition) is 1.